The van der Waals surface area contributed by atoms with Crippen molar-refractivity contribution in [2.24, 2.45) is 0 Å². The van der Waals surface area contributed by atoms with E-state index < -0.39 is 11.1 Å². The number of hydrogen-bond acceptors (Lipinski definition) is 3. The highest BCUT2D eigenvalue weighted by molar-refractivity contribution is 4.72. The maximum absolute atomic E-state index is 11.0. The summed E-state index contributed by atoms with van der Waals surface area (Å²) in [5.74, 6) is 0. The number of unbranched alkanes of at least 4 members (excludes halogenated alkanes) is 1. The number of aromatic amines is 1. The van der Waals surface area contributed by atoms with E-state index in [1.54, 1.807) is 0 Å². The van der Waals surface area contributed by atoms with Crippen LogP contribution < -0.4 is 11.1 Å². The van der Waals surface area contributed by atoms with Crippen molar-refractivity contribution >= 4 is 0 Å². The Morgan fingerprint density at radius 3 is 3.00 bits per heavy atom. The molecule has 0 fully saturated rings. The molecule has 0 spiro atoms. The fourth-order valence-corrected chi connectivity index (χ4v) is 0.856. The summed E-state index contributed by atoms with van der Waals surface area (Å²) < 4.78 is 1.18. The van der Waals surface area contributed by atoms with E-state index in [9.17, 15) is 9.59 Å². The molecule has 5 nitrogen and oxygen atoms in total. The third-order valence-electron chi connectivity index (χ3n) is 1.54. The van der Waals surface area contributed by atoms with Crippen molar-refractivity contribution < 1.29 is 0 Å². The topological polar surface area (TPSA) is 67.8 Å². The van der Waals surface area contributed by atoms with E-state index >= 15 is 0 Å². The monoisotopic (exact) mass is 169 g/mol. The molecule has 12 heavy (non-hydrogen) atoms. The summed E-state index contributed by atoms with van der Waals surface area (Å²) in [6.45, 7) is 2.53. The van der Waals surface area contributed by atoms with Gasteiger partial charge in [0, 0.05) is 6.54 Å². The van der Waals surface area contributed by atoms with E-state index in [4.69, 9.17) is 0 Å². The van der Waals surface area contributed by atoms with Gasteiger partial charge in [0.15, 0.2) is 0 Å². The average molecular weight is 169 g/mol. The SMILES string of the molecule is CCCCn1nc[nH]c(=O)c1=O. The predicted molar refractivity (Wildman–Crippen MR) is 44.0 cm³/mol. The lowest BCUT2D eigenvalue weighted by Gasteiger charge is -1.99. The molecule has 0 saturated carbocycles. The first-order valence-corrected chi connectivity index (χ1v) is 3.90. The lowest BCUT2D eigenvalue weighted by atomic mass is 10.3. The van der Waals surface area contributed by atoms with E-state index in [1.165, 1.54) is 11.0 Å². The van der Waals surface area contributed by atoms with Gasteiger partial charge in [-0.25, -0.2) is 4.68 Å². The lowest BCUT2D eigenvalue weighted by Crippen LogP contribution is -2.37. The Kier molecular flexibility index (Phi) is 2.79. The van der Waals surface area contributed by atoms with Crippen LogP contribution in [0.1, 0.15) is 19.8 Å². The summed E-state index contributed by atoms with van der Waals surface area (Å²) >= 11 is 0. The average Bonchev–Trinajstić information content (AvgIpc) is 2.08. The first-order valence-electron chi connectivity index (χ1n) is 3.90. The molecule has 0 bridgehead atoms. The first kappa shape index (κ1) is 8.70. The molecule has 0 atom stereocenters. The number of H-pyrrole nitrogens is 1. The predicted octanol–water partition coefficient (Wildman–Crippen LogP) is -0.268. The summed E-state index contributed by atoms with van der Waals surface area (Å²) in [6, 6.07) is 0. The minimum Gasteiger partial charge on any atom is -0.307 e. The smallest absolute Gasteiger partial charge is 0.307 e. The minimum atomic E-state index is -0.610. The zero-order chi connectivity index (χ0) is 8.97. The van der Waals surface area contributed by atoms with Gasteiger partial charge in [0.25, 0.3) is 0 Å². The summed E-state index contributed by atoms with van der Waals surface area (Å²) in [4.78, 5) is 24.0. The highest BCUT2D eigenvalue weighted by Gasteiger charge is 1.98. The molecule has 0 radical (unpaired) electrons. The molecular formula is C7H11N3O2. The van der Waals surface area contributed by atoms with Crippen molar-refractivity contribution in [1.29, 1.82) is 0 Å². The van der Waals surface area contributed by atoms with Gasteiger partial charge in [-0.2, -0.15) is 5.10 Å². The van der Waals surface area contributed by atoms with Crippen LogP contribution in [-0.4, -0.2) is 14.8 Å². The van der Waals surface area contributed by atoms with Gasteiger partial charge in [0.05, 0.1) is 0 Å². The molecule has 1 rings (SSSR count). The number of nitrogens with zero attached hydrogens (tertiary/aromatic N) is 2. The van der Waals surface area contributed by atoms with Crippen molar-refractivity contribution in [1.82, 2.24) is 14.8 Å². The molecule has 0 unspecified atom stereocenters. The summed E-state index contributed by atoms with van der Waals surface area (Å²) in [7, 11) is 0. The van der Waals surface area contributed by atoms with Crippen LogP contribution in [0, 0.1) is 0 Å². The van der Waals surface area contributed by atoms with Crippen molar-refractivity contribution in [3.63, 3.8) is 0 Å². The minimum absolute atomic E-state index is 0.513. The molecule has 0 amide bonds. The second-order valence-corrected chi connectivity index (χ2v) is 2.50. The Bertz CT molecular complexity index is 352. The van der Waals surface area contributed by atoms with E-state index in [0.717, 1.165) is 12.8 Å². The third-order valence-corrected chi connectivity index (χ3v) is 1.54. The van der Waals surface area contributed by atoms with Crippen LogP contribution in [0.4, 0.5) is 0 Å². The Hall–Kier alpha value is -1.39. The van der Waals surface area contributed by atoms with Crippen LogP contribution in [0.5, 0.6) is 0 Å². The van der Waals surface area contributed by atoms with Crippen LogP contribution in [0.3, 0.4) is 0 Å². The number of aryl methyl sites for hydroxylation is 1. The largest absolute Gasteiger partial charge is 0.332 e. The lowest BCUT2D eigenvalue weighted by molar-refractivity contribution is 0.530. The summed E-state index contributed by atoms with van der Waals surface area (Å²) in [5, 5.41) is 3.73. The van der Waals surface area contributed by atoms with Crippen molar-refractivity contribution in [3.8, 4) is 0 Å². The molecule has 0 aliphatic carbocycles. The van der Waals surface area contributed by atoms with Crippen LogP contribution in [-0.2, 0) is 6.54 Å². The summed E-state index contributed by atoms with van der Waals surface area (Å²) in [5.41, 5.74) is -1.19. The van der Waals surface area contributed by atoms with Gasteiger partial charge < -0.3 is 4.98 Å². The van der Waals surface area contributed by atoms with Crippen molar-refractivity contribution in [3.05, 3.63) is 27.0 Å². The van der Waals surface area contributed by atoms with Crippen molar-refractivity contribution in [2.75, 3.05) is 0 Å². The number of nitrogens with one attached hydrogen (secondary N) is 1. The van der Waals surface area contributed by atoms with Gasteiger partial charge in [0.1, 0.15) is 6.33 Å². The van der Waals surface area contributed by atoms with Gasteiger partial charge in [-0.05, 0) is 6.42 Å². The highest BCUT2D eigenvalue weighted by Crippen LogP contribution is 1.86. The Morgan fingerprint density at radius 2 is 2.33 bits per heavy atom. The quantitative estimate of drug-likeness (QED) is 0.633. The fraction of sp³-hybridized carbons (Fsp3) is 0.571. The van der Waals surface area contributed by atoms with Gasteiger partial charge >= 0.3 is 11.1 Å². The molecule has 1 aromatic heterocycles. The van der Waals surface area contributed by atoms with Crippen LogP contribution >= 0.6 is 0 Å². The zero-order valence-corrected chi connectivity index (χ0v) is 6.91. The third kappa shape index (κ3) is 1.81. The van der Waals surface area contributed by atoms with E-state index in [1.807, 2.05) is 6.92 Å². The number of rotatable bonds is 3. The van der Waals surface area contributed by atoms with Crippen LogP contribution in [0.2, 0.25) is 0 Å². The highest BCUT2D eigenvalue weighted by atomic mass is 16.2. The first-order chi connectivity index (χ1) is 5.75. The van der Waals surface area contributed by atoms with Crippen LogP contribution in [0.15, 0.2) is 15.9 Å². The van der Waals surface area contributed by atoms with Crippen LogP contribution in [0.25, 0.3) is 0 Å². The fourth-order valence-electron chi connectivity index (χ4n) is 0.856. The molecule has 0 aromatic carbocycles. The Balaban J connectivity index is 2.93. The molecular weight excluding hydrogens is 158 g/mol. The Labute approximate surface area is 69.1 Å². The molecule has 1 heterocycles. The van der Waals surface area contributed by atoms with Gasteiger partial charge in [0.2, 0.25) is 0 Å². The normalized spacial score (nSPS) is 10.1. The molecule has 0 saturated heterocycles. The number of hydrogen-bond donors (Lipinski definition) is 1. The van der Waals surface area contributed by atoms with Gasteiger partial charge in [-0.3, -0.25) is 9.59 Å². The second kappa shape index (κ2) is 3.85. The second-order valence-electron chi connectivity index (χ2n) is 2.50. The molecule has 0 aliphatic rings. The Morgan fingerprint density at radius 1 is 1.58 bits per heavy atom. The van der Waals surface area contributed by atoms with E-state index in [-0.39, 0.29) is 0 Å². The molecule has 0 aliphatic heterocycles. The molecule has 1 aromatic rings. The molecule has 5 heteroatoms. The maximum atomic E-state index is 11.0. The number of aromatic nitrogens is 3. The standard InChI is InChI=1S/C7H11N3O2/c1-2-3-4-10-7(12)6(11)8-5-9-10/h5H,2-4H2,1H3,(H,8,9,11). The van der Waals surface area contributed by atoms with Crippen molar-refractivity contribution in [2.45, 2.75) is 26.3 Å². The van der Waals surface area contributed by atoms with Gasteiger partial charge in [-0.15, -0.1) is 0 Å². The summed E-state index contributed by atoms with van der Waals surface area (Å²) in [6.07, 6.45) is 3.07. The zero-order valence-electron chi connectivity index (χ0n) is 6.91. The van der Waals surface area contributed by atoms with E-state index in [2.05, 4.69) is 10.1 Å². The van der Waals surface area contributed by atoms with E-state index in [0.29, 0.717) is 6.54 Å². The maximum Gasteiger partial charge on any atom is 0.332 e. The van der Waals surface area contributed by atoms with Gasteiger partial charge in [-0.1, -0.05) is 13.3 Å². The molecule has 66 valence electrons. The molecule has 1 N–H and O–H groups in total.